The second kappa shape index (κ2) is 5.02. The lowest BCUT2D eigenvalue weighted by atomic mass is 9.95. The number of carboxylic acids is 1. The van der Waals surface area contributed by atoms with Crippen molar-refractivity contribution in [3.05, 3.63) is 29.8 Å². The second-order valence-corrected chi connectivity index (χ2v) is 5.60. The topological polar surface area (TPSA) is 66.8 Å². The van der Waals surface area contributed by atoms with Crippen LogP contribution in [0.3, 0.4) is 0 Å². The Balaban J connectivity index is 1.69. The highest BCUT2D eigenvalue weighted by Crippen LogP contribution is 2.31. The molecule has 2 aliphatic rings. The zero-order valence-electron chi connectivity index (χ0n) is 11.4. The van der Waals surface area contributed by atoms with Crippen molar-refractivity contribution < 1.29 is 23.8 Å². The summed E-state index contributed by atoms with van der Waals surface area (Å²) in [5.41, 5.74) is -1.37. The van der Waals surface area contributed by atoms with Crippen LogP contribution in [0.5, 0.6) is 5.75 Å². The number of nitrogens with zero attached hydrogens (tertiary/aromatic N) is 1. The molecule has 1 fully saturated rings. The average Bonchev–Trinajstić information content (AvgIpc) is 2.90. The van der Waals surface area contributed by atoms with Crippen LogP contribution in [-0.2, 0) is 16.0 Å². The molecule has 112 valence electrons. The second-order valence-electron chi connectivity index (χ2n) is 5.60. The molecule has 1 aromatic rings. The van der Waals surface area contributed by atoms with Gasteiger partial charge < -0.3 is 14.7 Å². The van der Waals surface area contributed by atoms with Crippen molar-refractivity contribution in [2.45, 2.75) is 18.5 Å². The molecule has 1 saturated heterocycles. The van der Waals surface area contributed by atoms with Gasteiger partial charge in [0.15, 0.2) is 0 Å². The Kier molecular flexibility index (Phi) is 3.31. The van der Waals surface area contributed by atoms with Gasteiger partial charge in [0.25, 0.3) is 0 Å². The number of carbonyl (C=O) groups is 2. The summed E-state index contributed by atoms with van der Waals surface area (Å²) >= 11 is 0. The number of benzene rings is 1. The van der Waals surface area contributed by atoms with Gasteiger partial charge in [-0.05, 0) is 18.1 Å². The number of halogens is 1. The number of hydrogen-bond donors (Lipinski definition) is 1. The predicted molar refractivity (Wildman–Crippen MR) is 71.8 cm³/mol. The summed E-state index contributed by atoms with van der Waals surface area (Å²) in [6.45, 7) is 0.0117. The van der Waals surface area contributed by atoms with E-state index >= 15 is 0 Å². The summed E-state index contributed by atoms with van der Waals surface area (Å²) < 4.78 is 19.6. The van der Waals surface area contributed by atoms with Crippen molar-refractivity contribution in [2.75, 3.05) is 19.7 Å². The van der Waals surface area contributed by atoms with Gasteiger partial charge in [-0.1, -0.05) is 18.2 Å². The molecule has 0 radical (unpaired) electrons. The molecule has 0 aromatic heterocycles. The van der Waals surface area contributed by atoms with Crippen molar-refractivity contribution in [1.82, 2.24) is 4.90 Å². The summed E-state index contributed by atoms with van der Waals surface area (Å²) in [6.07, 6.45) is 0.385. The Morgan fingerprint density at radius 3 is 2.86 bits per heavy atom. The molecule has 0 bridgehead atoms. The van der Waals surface area contributed by atoms with Gasteiger partial charge in [-0.15, -0.1) is 0 Å². The van der Waals surface area contributed by atoms with E-state index in [1.54, 1.807) is 0 Å². The van der Waals surface area contributed by atoms with Gasteiger partial charge in [-0.2, -0.15) is 0 Å². The summed E-state index contributed by atoms with van der Waals surface area (Å²) in [7, 11) is 0. The third-order valence-corrected chi connectivity index (χ3v) is 4.14. The Morgan fingerprint density at radius 2 is 2.14 bits per heavy atom. The van der Waals surface area contributed by atoms with Crippen LogP contribution < -0.4 is 4.74 Å². The van der Waals surface area contributed by atoms with Crippen LogP contribution in [0.25, 0.3) is 0 Å². The first-order chi connectivity index (χ1) is 9.99. The number of hydrogen-bond acceptors (Lipinski definition) is 3. The van der Waals surface area contributed by atoms with Crippen LogP contribution in [-0.4, -0.2) is 47.2 Å². The molecular formula is C15H16FNO4. The van der Waals surface area contributed by atoms with E-state index in [1.807, 2.05) is 24.3 Å². The van der Waals surface area contributed by atoms with E-state index in [0.717, 1.165) is 11.3 Å². The zero-order valence-corrected chi connectivity index (χ0v) is 11.4. The minimum absolute atomic E-state index is 0.139. The monoisotopic (exact) mass is 293 g/mol. The molecule has 3 rings (SSSR count). The summed E-state index contributed by atoms with van der Waals surface area (Å²) in [5.74, 6) is -1.34. The number of alkyl halides is 1. The van der Waals surface area contributed by atoms with Crippen LogP contribution in [0.1, 0.15) is 12.0 Å². The standard InChI is InChI=1S/C15H16FNO4/c16-15(14(19)20)5-6-17(9-15)13(18)11-7-10-3-1-2-4-12(10)21-8-11/h1-4,11H,5-9H2,(H,19,20). The Bertz CT molecular complexity index is 591. The molecule has 21 heavy (non-hydrogen) atoms. The van der Waals surface area contributed by atoms with E-state index < -0.39 is 11.6 Å². The molecule has 2 heterocycles. The van der Waals surface area contributed by atoms with Crippen molar-refractivity contribution in [3.8, 4) is 5.75 Å². The molecular weight excluding hydrogens is 277 g/mol. The molecule has 0 saturated carbocycles. The number of ether oxygens (including phenoxy) is 1. The van der Waals surface area contributed by atoms with E-state index in [9.17, 15) is 14.0 Å². The van der Waals surface area contributed by atoms with Crippen LogP contribution in [0.15, 0.2) is 24.3 Å². The highest BCUT2D eigenvalue weighted by molar-refractivity contribution is 5.84. The predicted octanol–water partition coefficient (Wildman–Crippen LogP) is 1.26. The van der Waals surface area contributed by atoms with Crippen LogP contribution >= 0.6 is 0 Å². The average molecular weight is 293 g/mol. The molecule has 1 N–H and O–H groups in total. The number of fused-ring (bicyclic) bond motifs is 1. The van der Waals surface area contributed by atoms with Crippen molar-refractivity contribution >= 4 is 11.9 Å². The number of amides is 1. The van der Waals surface area contributed by atoms with Crippen molar-refractivity contribution in [2.24, 2.45) is 5.92 Å². The minimum Gasteiger partial charge on any atom is -0.492 e. The largest absolute Gasteiger partial charge is 0.492 e. The number of likely N-dealkylation sites (tertiary alicyclic amines) is 1. The van der Waals surface area contributed by atoms with E-state index in [2.05, 4.69) is 0 Å². The molecule has 6 heteroatoms. The number of rotatable bonds is 2. The lowest BCUT2D eigenvalue weighted by Crippen LogP contribution is -2.43. The Morgan fingerprint density at radius 1 is 1.38 bits per heavy atom. The third kappa shape index (κ3) is 2.46. The molecule has 5 nitrogen and oxygen atoms in total. The van der Waals surface area contributed by atoms with Gasteiger partial charge in [0.05, 0.1) is 12.5 Å². The van der Waals surface area contributed by atoms with Gasteiger partial charge in [0.2, 0.25) is 11.6 Å². The van der Waals surface area contributed by atoms with E-state index in [1.165, 1.54) is 4.90 Å². The fraction of sp³-hybridized carbons (Fsp3) is 0.467. The molecule has 1 aromatic carbocycles. The van der Waals surface area contributed by atoms with Crippen LogP contribution in [0.2, 0.25) is 0 Å². The first-order valence-electron chi connectivity index (χ1n) is 6.91. The fourth-order valence-electron chi connectivity index (χ4n) is 2.88. The van der Waals surface area contributed by atoms with Crippen LogP contribution in [0.4, 0.5) is 4.39 Å². The van der Waals surface area contributed by atoms with Crippen molar-refractivity contribution in [3.63, 3.8) is 0 Å². The highest BCUT2D eigenvalue weighted by atomic mass is 19.1. The molecule has 0 spiro atoms. The van der Waals surface area contributed by atoms with Gasteiger partial charge in [-0.3, -0.25) is 4.79 Å². The Labute approximate surface area is 121 Å². The maximum Gasteiger partial charge on any atom is 0.343 e. The zero-order chi connectivity index (χ0) is 15.0. The summed E-state index contributed by atoms with van der Waals surface area (Å²) in [6, 6.07) is 7.49. The smallest absolute Gasteiger partial charge is 0.343 e. The first kappa shape index (κ1) is 13.9. The number of para-hydroxylation sites is 1. The highest BCUT2D eigenvalue weighted by Gasteiger charge is 2.48. The molecule has 1 amide bonds. The number of carbonyl (C=O) groups excluding carboxylic acids is 1. The maximum absolute atomic E-state index is 14.0. The number of aliphatic carboxylic acids is 1. The van der Waals surface area contributed by atoms with E-state index in [4.69, 9.17) is 9.84 Å². The Hall–Kier alpha value is -2.11. The maximum atomic E-state index is 14.0. The lowest BCUT2D eigenvalue weighted by molar-refractivity contribution is -0.150. The third-order valence-electron chi connectivity index (χ3n) is 4.14. The number of carboxylic acid groups (broad SMARTS) is 1. The minimum atomic E-state index is -2.32. The van der Waals surface area contributed by atoms with E-state index in [-0.39, 0.29) is 37.9 Å². The van der Waals surface area contributed by atoms with Gasteiger partial charge in [-0.25, -0.2) is 9.18 Å². The van der Waals surface area contributed by atoms with E-state index in [0.29, 0.717) is 6.42 Å². The SMILES string of the molecule is O=C(C1COc2ccccc2C1)N1CCC(F)(C(=O)O)C1. The molecule has 2 aliphatic heterocycles. The summed E-state index contributed by atoms with van der Waals surface area (Å²) in [5, 5.41) is 8.87. The quantitative estimate of drug-likeness (QED) is 0.891. The first-order valence-corrected chi connectivity index (χ1v) is 6.91. The van der Waals surface area contributed by atoms with Crippen LogP contribution in [0, 0.1) is 5.92 Å². The van der Waals surface area contributed by atoms with Gasteiger partial charge >= 0.3 is 5.97 Å². The molecule has 0 aliphatic carbocycles. The van der Waals surface area contributed by atoms with Crippen molar-refractivity contribution in [1.29, 1.82) is 0 Å². The molecule has 2 unspecified atom stereocenters. The summed E-state index contributed by atoms with van der Waals surface area (Å²) in [4.78, 5) is 24.6. The normalized spacial score (nSPS) is 27.9. The van der Waals surface area contributed by atoms with Gasteiger partial charge in [0.1, 0.15) is 12.4 Å². The fourth-order valence-corrected chi connectivity index (χ4v) is 2.88. The lowest BCUT2D eigenvalue weighted by Gasteiger charge is -2.28. The van der Waals surface area contributed by atoms with Gasteiger partial charge in [0, 0.05) is 13.0 Å². The molecule has 2 atom stereocenters.